The minimum Gasteiger partial charge on any atom is -0.494 e. The first kappa shape index (κ1) is 23.7. The van der Waals surface area contributed by atoms with E-state index in [1.165, 1.54) is 0 Å². The molecule has 0 aliphatic rings. The highest BCUT2D eigenvalue weighted by Crippen LogP contribution is 2.20. The van der Waals surface area contributed by atoms with Gasteiger partial charge in [-0.1, -0.05) is 18.2 Å². The molecule has 0 radical (unpaired) electrons. The molecule has 3 aromatic rings. The topological polar surface area (TPSA) is 88.7 Å². The molecule has 3 N–H and O–H groups in total. The quantitative estimate of drug-likeness (QED) is 0.414. The zero-order valence-electron chi connectivity index (χ0n) is 18.4. The van der Waals surface area contributed by atoms with Crippen LogP contribution in [0.15, 0.2) is 72.8 Å². The molecule has 8 heteroatoms. The highest BCUT2D eigenvalue weighted by atomic mass is 32.1. The Morgan fingerprint density at radius 2 is 1.48 bits per heavy atom. The molecule has 33 heavy (non-hydrogen) atoms. The maximum atomic E-state index is 12.8. The van der Waals surface area contributed by atoms with E-state index >= 15 is 0 Å². The average molecular weight is 464 g/mol. The molecule has 170 valence electrons. The predicted octanol–water partition coefficient (Wildman–Crippen LogP) is 4.86. The van der Waals surface area contributed by atoms with Crippen LogP contribution in [-0.4, -0.2) is 30.1 Å². The van der Waals surface area contributed by atoms with Crippen LogP contribution in [0.2, 0.25) is 0 Å². The largest absolute Gasteiger partial charge is 0.494 e. The monoisotopic (exact) mass is 463 g/mol. The van der Waals surface area contributed by atoms with Gasteiger partial charge in [-0.2, -0.15) is 0 Å². The van der Waals surface area contributed by atoms with E-state index in [4.69, 9.17) is 21.7 Å². The fourth-order valence-electron chi connectivity index (χ4n) is 3.01. The van der Waals surface area contributed by atoms with Gasteiger partial charge < -0.3 is 20.1 Å². The lowest BCUT2D eigenvalue weighted by molar-refractivity contribution is 0.0976. The molecule has 0 bridgehead atoms. The molecular formula is C25H25N3O4S. The number of benzene rings is 3. The summed E-state index contributed by atoms with van der Waals surface area (Å²) in [6.07, 6.45) is 0. The summed E-state index contributed by atoms with van der Waals surface area (Å²) >= 11 is 5.29. The van der Waals surface area contributed by atoms with Crippen molar-refractivity contribution < 1.29 is 19.1 Å². The number of thiocarbonyl (C=S) groups is 1. The van der Waals surface area contributed by atoms with Crippen molar-refractivity contribution in [2.75, 3.05) is 23.8 Å². The summed E-state index contributed by atoms with van der Waals surface area (Å²) in [5.41, 5.74) is 1.88. The van der Waals surface area contributed by atoms with Gasteiger partial charge in [-0.3, -0.25) is 14.9 Å². The van der Waals surface area contributed by atoms with Crippen molar-refractivity contribution in [1.29, 1.82) is 0 Å². The number of rotatable bonds is 8. The van der Waals surface area contributed by atoms with Crippen molar-refractivity contribution in [3.05, 3.63) is 83.9 Å². The van der Waals surface area contributed by atoms with Crippen LogP contribution in [0.4, 0.5) is 11.4 Å². The molecule has 3 aromatic carbocycles. The lowest BCUT2D eigenvalue weighted by Crippen LogP contribution is -2.34. The molecule has 0 heterocycles. The van der Waals surface area contributed by atoms with E-state index in [0.29, 0.717) is 41.5 Å². The van der Waals surface area contributed by atoms with Crippen LogP contribution in [0.25, 0.3) is 0 Å². The molecule has 0 atom stereocenters. The Bertz CT molecular complexity index is 1130. The number of hydrogen-bond acceptors (Lipinski definition) is 5. The summed E-state index contributed by atoms with van der Waals surface area (Å²) in [6.45, 7) is 4.85. The standard InChI is InChI=1S/C25H25N3O4S/c1-3-31-19-14-12-18(13-15-19)26-24(30)21-10-5-6-11-22(21)27-25(33)28-23(29)17-8-7-9-20(16-17)32-4-2/h5-16H,3-4H2,1-2H3,(H,26,30)(H2,27,28,29,33). The van der Waals surface area contributed by atoms with Crippen LogP contribution >= 0.6 is 12.2 Å². The third-order valence-corrected chi connectivity index (χ3v) is 4.68. The number of carbonyl (C=O) groups excluding carboxylic acids is 2. The highest BCUT2D eigenvalue weighted by molar-refractivity contribution is 7.80. The van der Waals surface area contributed by atoms with Crippen LogP contribution < -0.4 is 25.4 Å². The molecule has 0 fully saturated rings. The second kappa shape index (κ2) is 11.6. The van der Waals surface area contributed by atoms with Crippen LogP contribution in [-0.2, 0) is 0 Å². The van der Waals surface area contributed by atoms with E-state index in [-0.39, 0.29) is 16.9 Å². The lowest BCUT2D eigenvalue weighted by Gasteiger charge is -2.14. The zero-order valence-corrected chi connectivity index (χ0v) is 19.2. The Morgan fingerprint density at radius 1 is 0.788 bits per heavy atom. The molecule has 0 spiro atoms. The van der Waals surface area contributed by atoms with Crippen molar-refractivity contribution in [2.45, 2.75) is 13.8 Å². The number of ether oxygens (including phenoxy) is 2. The van der Waals surface area contributed by atoms with Gasteiger partial charge >= 0.3 is 0 Å². The second-order valence-electron chi connectivity index (χ2n) is 6.83. The summed E-state index contributed by atoms with van der Waals surface area (Å²) in [7, 11) is 0. The van der Waals surface area contributed by atoms with Gasteiger partial charge in [0.25, 0.3) is 11.8 Å². The van der Waals surface area contributed by atoms with Crippen molar-refractivity contribution in [1.82, 2.24) is 5.32 Å². The van der Waals surface area contributed by atoms with Gasteiger partial charge in [0.2, 0.25) is 0 Å². The first-order valence-electron chi connectivity index (χ1n) is 10.5. The molecule has 0 aliphatic heterocycles. The number of amides is 2. The third kappa shape index (κ3) is 6.78. The second-order valence-corrected chi connectivity index (χ2v) is 7.23. The smallest absolute Gasteiger partial charge is 0.257 e. The van der Waals surface area contributed by atoms with Gasteiger partial charge in [-0.25, -0.2) is 0 Å². The molecule has 0 saturated carbocycles. The molecule has 3 rings (SSSR count). The summed E-state index contributed by atoms with van der Waals surface area (Å²) in [5, 5.41) is 8.48. The third-order valence-electron chi connectivity index (χ3n) is 4.48. The fourth-order valence-corrected chi connectivity index (χ4v) is 3.21. The summed E-state index contributed by atoms with van der Waals surface area (Å²) in [4.78, 5) is 25.4. The molecule has 0 aliphatic carbocycles. The number of nitrogens with one attached hydrogen (secondary N) is 3. The van der Waals surface area contributed by atoms with Crippen LogP contribution in [0.5, 0.6) is 11.5 Å². The van der Waals surface area contributed by atoms with E-state index in [9.17, 15) is 9.59 Å². The van der Waals surface area contributed by atoms with Crippen molar-refractivity contribution in [3.8, 4) is 11.5 Å². The predicted molar refractivity (Wildman–Crippen MR) is 133 cm³/mol. The number of hydrogen-bond donors (Lipinski definition) is 3. The van der Waals surface area contributed by atoms with E-state index in [1.807, 2.05) is 13.8 Å². The van der Waals surface area contributed by atoms with Crippen molar-refractivity contribution in [3.63, 3.8) is 0 Å². The Balaban J connectivity index is 1.65. The summed E-state index contributed by atoms with van der Waals surface area (Å²) in [6, 6.07) is 20.8. The van der Waals surface area contributed by atoms with Gasteiger partial charge in [0, 0.05) is 11.3 Å². The number of anilines is 2. The Kier molecular flexibility index (Phi) is 8.37. The fraction of sp³-hybridized carbons (Fsp3) is 0.160. The van der Waals surface area contributed by atoms with E-state index in [2.05, 4.69) is 16.0 Å². The molecule has 2 amide bonds. The summed E-state index contributed by atoms with van der Waals surface area (Å²) < 4.78 is 10.8. The SMILES string of the molecule is CCOc1ccc(NC(=O)c2ccccc2NC(=S)NC(=O)c2cccc(OCC)c2)cc1. The van der Waals surface area contributed by atoms with Gasteiger partial charge in [0.1, 0.15) is 11.5 Å². The van der Waals surface area contributed by atoms with E-state index in [1.54, 1.807) is 72.8 Å². The Labute approximate surface area is 198 Å². The minimum absolute atomic E-state index is 0.0723. The molecule has 7 nitrogen and oxygen atoms in total. The molecule has 0 saturated heterocycles. The van der Waals surface area contributed by atoms with Gasteiger partial charge in [0.05, 0.1) is 24.5 Å². The van der Waals surface area contributed by atoms with E-state index < -0.39 is 0 Å². The van der Waals surface area contributed by atoms with Gasteiger partial charge in [-0.15, -0.1) is 0 Å². The maximum Gasteiger partial charge on any atom is 0.257 e. The van der Waals surface area contributed by atoms with Crippen LogP contribution in [0, 0.1) is 0 Å². The average Bonchev–Trinajstić information content (AvgIpc) is 2.81. The number of carbonyl (C=O) groups is 2. The van der Waals surface area contributed by atoms with Crippen LogP contribution in [0.1, 0.15) is 34.6 Å². The van der Waals surface area contributed by atoms with E-state index in [0.717, 1.165) is 5.75 Å². The van der Waals surface area contributed by atoms with Gasteiger partial charge in [-0.05, 0) is 80.7 Å². The highest BCUT2D eigenvalue weighted by Gasteiger charge is 2.14. The normalized spacial score (nSPS) is 10.1. The van der Waals surface area contributed by atoms with Crippen molar-refractivity contribution >= 4 is 40.5 Å². The zero-order chi connectivity index (χ0) is 23.6. The molecule has 0 unspecified atom stereocenters. The van der Waals surface area contributed by atoms with Crippen LogP contribution in [0.3, 0.4) is 0 Å². The Morgan fingerprint density at radius 3 is 2.21 bits per heavy atom. The van der Waals surface area contributed by atoms with Gasteiger partial charge in [0.15, 0.2) is 5.11 Å². The first-order valence-corrected chi connectivity index (χ1v) is 10.9. The minimum atomic E-state index is -0.384. The lowest BCUT2D eigenvalue weighted by atomic mass is 10.1. The molecule has 0 aromatic heterocycles. The van der Waals surface area contributed by atoms with Crippen molar-refractivity contribution in [2.24, 2.45) is 0 Å². The number of para-hydroxylation sites is 1. The Hall–Kier alpha value is -3.91. The maximum absolute atomic E-state index is 12.8. The first-order chi connectivity index (χ1) is 16.0. The molecular weight excluding hydrogens is 438 g/mol. The summed E-state index contributed by atoms with van der Waals surface area (Å²) in [5.74, 6) is 0.622.